The maximum Gasteiger partial charge on any atom is 0.323 e. The van der Waals surface area contributed by atoms with E-state index in [1.165, 1.54) is 0 Å². The Labute approximate surface area is 84.1 Å². The summed E-state index contributed by atoms with van der Waals surface area (Å²) in [5.74, 6) is 0.146. The molecule has 0 saturated carbocycles. The molecule has 0 aromatic heterocycles. The second kappa shape index (κ2) is 5.50. The number of carbonyl (C=O) groups is 1. The Morgan fingerprint density at radius 2 is 2.23 bits per heavy atom. The molecule has 0 aliphatic heterocycles. The van der Waals surface area contributed by atoms with Crippen molar-refractivity contribution < 1.29 is 9.90 Å². The van der Waals surface area contributed by atoms with Crippen molar-refractivity contribution in [3.63, 3.8) is 0 Å². The minimum atomic E-state index is -1.08. The van der Waals surface area contributed by atoms with Crippen LogP contribution >= 0.6 is 11.8 Å². The normalized spacial score (nSPS) is 17.8. The SMILES string of the molecule is CCCSC(C)CC(C)(N)C(=O)O. The Morgan fingerprint density at radius 1 is 1.69 bits per heavy atom. The van der Waals surface area contributed by atoms with E-state index in [2.05, 4.69) is 6.92 Å². The third-order valence-electron chi connectivity index (χ3n) is 1.81. The number of hydrogen-bond donors (Lipinski definition) is 2. The van der Waals surface area contributed by atoms with Crippen molar-refractivity contribution in [3.05, 3.63) is 0 Å². The molecule has 0 fully saturated rings. The first-order valence-electron chi connectivity index (χ1n) is 4.54. The van der Waals surface area contributed by atoms with Gasteiger partial charge >= 0.3 is 5.97 Å². The second-order valence-corrected chi connectivity index (χ2v) is 5.15. The first-order valence-corrected chi connectivity index (χ1v) is 5.59. The van der Waals surface area contributed by atoms with Crippen molar-refractivity contribution in [1.29, 1.82) is 0 Å². The van der Waals surface area contributed by atoms with Gasteiger partial charge in [-0.2, -0.15) is 11.8 Å². The molecule has 4 heteroatoms. The molecule has 3 nitrogen and oxygen atoms in total. The van der Waals surface area contributed by atoms with Crippen molar-refractivity contribution in [3.8, 4) is 0 Å². The number of carboxylic acid groups (broad SMARTS) is 1. The van der Waals surface area contributed by atoms with Gasteiger partial charge in [0.2, 0.25) is 0 Å². The summed E-state index contributed by atoms with van der Waals surface area (Å²) in [4.78, 5) is 10.7. The van der Waals surface area contributed by atoms with Gasteiger partial charge in [0.15, 0.2) is 0 Å². The second-order valence-electron chi connectivity index (χ2n) is 3.61. The molecule has 0 aliphatic rings. The van der Waals surface area contributed by atoms with E-state index in [1.54, 1.807) is 18.7 Å². The molecule has 0 aromatic rings. The summed E-state index contributed by atoms with van der Waals surface area (Å²) in [5, 5.41) is 9.09. The molecule has 0 spiro atoms. The molecule has 0 aliphatic carbocycles. The van der Waals surface area contributed by atoms with Crippen LogP contribution in [-0.4, -0.2) is 27.6 Å². The van der Waals surface area contributed by atoms with Crippen LogP contribution in [0.5, 0.6) is 0 Å². The Bertz CT molecular complexity index is 171. The van der Waals surface area contributed by atoms with Crippen LogP contribution in [0.1, 0.15) is 33.6 Å². The molecule has 0 bridgehead atoms. The number of nitrogens with two attached hydrogens (primary N) is 1. The Kier molecular flexibility index (Phi) is 5.40. The summed E-state index contributed by atoms with van der Waals surface area (Å²) in [6.45, 7) is 5.70. The lowest BCUT2D eigenvalue weighted by atomic mass is 9.98. The fraction of sp³-hybridized carbons (Fsp3) is 0.889. The van der Waals surface area contributed by atoms with E-state index in [0.29, 0.717) is 11.7 Å². The van der Waals surface area contributed by atoms with Gasteiger partial charge in [-0.15, -0.1) is 0 Å². The third kappa shape index (κ3) is 5.16. The van der Waals surface area contributed by atoms with Crippen molar-refractivity contribution in [1.82, 2.24) is 0 Å². The number of aliphatic carboxylic acids is 1. The van der Waals surface area contributed by atoms with Crippen LogP contribution in [0.4, 0.5) is 0 Å². The number of hydrogen-bond acceptors (Lipinski definition) is 3. The van der Waals surface area contributed by atoms with Crippen LogP contribution in [0.25, 0.3) is 0 Å². The molecule has 13 heavy (non-hydrogen) atoms. The van der Waals surface area contributed by atoms with Crippen LogP contribution in [0.3, 0.4) is 0 Å². The van der Waals surface area contributed by atoms with E-state index >= 15 is 0 Å². The predicted octanol–water partition coefficient (Wildman–Crippen LogP) is 1.71. The van der Waals surface area contributed by atoms with Gasteiger partial charge in [0.05, 0.1) is 0 Å². The van der Waals surface area contributed by atoms with Crippen LogP contribution in [0.2, 0.25) is 0 Å². The van der Waals surface area contributed by atoms with Crippen LogP contribution in [0.15, 0.2) is 0 Å². The monoisotopic (exact) mass is 205 g/mol. The summed E-state index contributed by atoms with van der Waals surface area (Å²) in [7, 11) is 0. The molecule has 0 radical (unpaired) electrons. The standard InChI is InChI=1S/C9H19NO2S/c1-4-5-13-7(2)6-9(3,10)8(11)12/h7H,4-6,10H2,1-3H3,(H,11,12). The summed E-state index contributed by atoms with van der Waals surface area (Å²) in [6, 6.07) is 0. The lowest BCUT2D eigenvalue weighted by molar-refractivity contribution is -0.142. The Morgan fingerprint density at radius 3 is 2.62 bits per heavy atom. The Hall–Kier alpha value is -0.220. The average Bonchev–Trinajstić information content (AvgIpc) is 1.99. The highest BCUT2D eigenvalue weighted by Gasteiger charge is 2.29. The molecule has 2 atom stereocenters. The highest BCUT2D eigenvalue weighted by atomic mass is 32.2. The van der Waals surface area contributed by atoms with Gasteiger partial charge in [-0.3, -0.25) is 4.79 Å². The molecular formula is C9H19NO2S. The van der Waals surface area contributed by atoms with Gasteiger partial charge in [-0.1, -0.05) is 13.8 Å². The maximum absolute atomic E-state index is 10.7. The molecule has 0 saturated heterocycles. The maximum atomic E-state index is 10.7. The molecule has 3 N–H and O–H groups in total. The molecule has 0 aromatic carbocycles. The quantitative estimate of drug-likeness (QED) is 0.693. The Balaban J connectivity index is 3.89. The third-order valence-corrected chi connectivity index (χ3v) is 3.19. The minimum absolute atomic E-state index is 0.311. The molecule has 0 heterocycles. The summed E-state index contributed by atoms with van der Waals surface area (Å²) in [6.07, 6.45) is 1.64. The molecule has 0 rings (SSSR count). The van der Waals surface area contributed by atoms with E-state index in [4.69, 9.17) is 10.8 Å². The predicted molar refractivity (Wildman–Crippen MR) is 57.1 cm³/mol. The van der Waals surface area contributed by atoms with E-state index in [9.17, 15) is 4.79 Å². The summed E-state index contributed by atoms with van der Waals surface area (Å²) >= 11 is 1.78. The van der Waals surface area contributed by atoms with Crippen molar-refractivity contribution in [2.45, 2.75) is 44.4 Å². The lowest BCUT2D eigenvalue weighted by Crippen LogP contribution is -2.46. The van der Waals surface area contributed by atoms with Crippen molar-refractivity contribution in [2.24, 2.45) is 5.73 Å². The van der Waals surface area contributed by atoms with Gasteiger partial charge in [-0.05, 0) is 25.5 Å². The topological polar surface area (TPSA) is 63.3 Å². The van der Waals surface area contributed by atoms with Gasteiger partial charge < -0.3 is 10.8 Å². The summed E-state index contributed by atoms with van der Waals surface area (Å²) < 4.78 is 0. The average molecular weight is 205 g/mol. The smallest absolute Gasteiger partial charge is 0.323 e. The highest BCUT2D eigenvalue weighted by molar-refractivity contribution is 7.99. The summed E-state index contributed by atoms with van der Waals surface area (Å²) in [5.41, 5.74) is 4.54. The van der Waals surface area contributed by atoms with Crippen molar-refractivity contribution in [2.75, 3.05) is 5.75 Å². The zero-order chi connectivity index (χ0) is 10.5. The minimum Gasteiger partial charge on any atom is -0.480 e. The largest absolute Gasteiger partial charge is 0.480 e. The lowest BCUT2D eigenvalue weighted by Gasteiger charge is -2.22. The van der Waals surface area contributed by atoms with Gasteiger partial charge in [0.1, 0.15) is 5.54 Å². The van der Waals surface area contributed by atoms with E-state index in [1.807, 2.05) is 6.92 Å². The highest BCUT2D eigenvalue weighted by Crippen LogP contribution is 2.20. The molecular weight excluding hydrogens is 186 g/mol. The number of carboxylic acids is 1. The fourth-order valence-electron chi connectivity index (χ4n) is 1.06. The number of rotatable bonds is 6. The van der Waals surface area contributed by atoms with E-state index < -0.39 is 11.5 Å². The molecule has 0 amide bonds. The van der Waals surface area contributed by atoms with Crippen LogP contribution < -0.4 is 5.73 Å². The zero-order valence-corrected chi connectivity index (χ0v) is 9.36. The van der Waals surface area contributed by atoms with Crippen molar-refractivity contribution >= 4 is 17.7 Å². The van der Waals surface area contributed by atoms with Gasteiger partial charge in [-0.25, -0.2) is 0 Å². The van der Waals surface area contributed by atoms with Gasteiger partial charge in [0, 0.05) is 5.25 Å². The number of thioether (sulfide) groups is 1. The van der Waals surface area contributed by atoms with E-state index in [-0.39, 0.29) is 0 Å². The molecule has 78 valence electrons. The first-order chi connectivity index (χ1) is 5.90. The van der Waals surface area contributed by atoms with E-state index in [0.717, 1.165) is 12.2 Å². The zero-order valence-electron chi connectivity index (χ0n) is 8.54. The van der Waals surface area contributed by atoms with Crippen LogP contribution in [-0.2, 0) is 4.79 Å². The molecule has 2 unspecified atom stereocenters. The van der Waals surface area contributed by atoms with Crippen LogP contribution in [0, 0.1) is 0 Å². The first kappa shape index (κ1) is 12.8. The van der Waals surface area contributed by atoms with Gasteiger partial charge in [0.25, 0.3) is 0 Å². The fourth-order valence-corrected chi connectivity index (χ4v) is 2.16.